The molecule has 0 aliphatic carbocycles. The molecule has 0 radical (unpaired) electrons. The Labute approximate surface area is 147 Å². The lowest BCUT2D eigenvalue weighted by Gasteiger charge is -2.04. The van der Waals surface area contributed by atoms with E-state index >= 15 is 0 Å². The fourth-order valence-corrected chi connectivity index (χ4v) is 2.84. The summed E-state index contributed by atoms with van der Waals surface area (Å²) in [5, 5.41) is 15.7. The van der Waals surface area contributed by atoms with Crippen LogP contribution in [-0.2, 0) is 24.2 Å². The maximum absolute atomic E-state index is 12.0. The summed E-state index contributed by atoms with van der Waals surface area (Å²) in [5.41, 5.74) is 3.00. The molecule has 25 heavy (non-hydrogen) atoms. The molecule has 1 N–H and O–H groups in total. The van der Waals surface area contributed by atoms with E-state index in [1.807, 2.05) is 46.6 Å². The predicted molar refractivity (Wildman–Crippen MR) is 95.3 cm³/mol. The van der Waals surface area contributed by atoms with Crippen LogP contribution in [-0.4, -0.2) is 36.8 Å². The van der Waals surface area contributed by atoms with Crippen molar-refractivity contribution in [3.63, 3.8) is 0 Å². The number of carbonyl (C=O) groups is 1. The van der Waals surface area contributed by atoms with Gasteiger partial charge >= 0.3 is 0 Å². The van der Waals surface area contributed by atoms with E-state index in [1.54, 1.807) is 0 Å². The average molecular weight is 340 g/mol. The van der Waals surface area contributed by atoms with Crippen LogP contribution in [0, 0.1) is 6.92 Å². The van der Waals surface area contributed by atoms with Gasteiger partial charge in [0.25, 0.3) is 0 Å². The van der Waals surface area contributed by atoms with Gasteiger partial charge in [-0.15, -0.1) is 10.2 Å². The van der Waals surface area contributed by atoms with E-state index in [0.29, 0.717) is 13.0 Å². The van der Waals surface area contributed by atoms with Crippen molar-refractivity contribution < 1.29 is 4.79 Å². The fraction of sp³-hybridized carbons (Fsp3) is 0.444. The van der Waals surface area contributed by atoms with Crippen LogP contribution in [0.1, 0.15) is 36.8 Å². The van der Waals surface area contributed by atoms with Gasteiger partial charge in [0.15, 0.2) is 5.65 Å². The molecule has 0 aliphatic heterocycles. The van der Waals surface area contributed by atoms with E-state index in [0.717, 1.165) is 48.5 Å². The second kappa shape index (κ2) is 7.92. The van der Waals surface area contributed by atoms with Gasteiger partial charge in [-0.2, -0.15) is 5.10 Å². The zero-order valence-corrected chi connectivity index (χ0v) is 14.8. The number of pyridine rings is 1. The summed E-state index contributed by atoms with van der Waals surface area (Å²) in [5.74, 6) is 1.00. The Kier molecular flexibility index (Phi) is 5.42. The molecule has 0 spiro atoms. The molecule has 7 nitrogen and oxygen atoms in total. The minimum absolute atomic E-state index is 0.0785. The van der Waals surface area contributed by atoms with Crippen LogP contribution in [0.3, 0.4) is 0 Å². The Morgan fingerprint density at radius 3 is 2.92 bits per heavy atom. The number of hydrogen-bond donors (Lipinski definition) is 1. The third-order valence-corrected chi connectivity index (χ3v) is 4.28. The first-order valence-corrected chi connectivity index (χ1v) is 8.75. The van der Waals surface area contributed by atoms with Crippen molar-refractivity contribution in [2.75, 3.05) is 6.54 Å². The van der Waals surface area contributed by atoms with Crippen molar-refractivity contribution in [1.29, 1.82) is 0 Å². The maximum Gasteiger partial charge on any atom is 0.220 e. The van der Waals surface area contributed by atoms with Gasteiger partial charge in [-0.25, -0.2) is 0 Å². The number of hydrogen-bond acceptors (Lipinski definition) is 4. The van der Waals surface area contributed by atoms with Gasteiger partial charge in [0.1, 0.15) is 5.82 Å². The molecule has 0 fully saturated rings. The monoisotopic (exact) mass is 340 g/mol. The lowest BCUT2D eigenvalue weighted by molar-refractivity contribution is -0.121. The van der Waals surface area contributed by atoms with Gasteiger partial charge in [-0.05, 0) is 44.4 Å². The Morgan fingerprint density at radius 1 is 1.24 bits per heavy atom. The standard InChI is InChI=1S/C18H24N6O/c1-3-23-13-15(14(2)22-23)9-10-18(25)19-11-6-8-17-21-20-16-7-4-5-12-24(16)17/h4-5,7,12-13H,3,6,8-11H2,1-2H3,(H,19,25). The lowest BCUT2D eigenvalue weighted by Crippen LogP contribution is -2.25. The van der Waals surface area contributed by atoms with Gasteiger partial charge in [0.2, 0.25) is 5.91 Å². The smallest absolute Gasteiger partial charge is 0.220 e. The molecule has 0 aromatic carbocycles. The molecule has 0 atom stereocenters. The first-order chi connectivity index (χ1) is 12.2. The summed E-state index contributed by atoms with van der Waals surface area (Å²) in [7, 11) is 0. The summed E-state index contributed by atoms with van der Waals surface area (Å²) in [6, 6.07) is 5.84. The van der Waals surface area contributed by atoms with E-state index in [4.69, 9.17) is 0 Å². The largest absolute Gasteiger partial charge is 0.356 e. The number of nitrogens with zero attached hydrogens (tertiary/aromatic N) is 5. The number of aromatic nitrogens is 5. The van der Waals surface area contributed by atoms with E-state index in [2.05, 4.69) is 27.5 Å². The topological polar surface area (TPSA) is 77.1 Å². The van der Waals surface area contributed by atoms with Gasteiger partial charge < -0.3 is 5.32 Å². The summed E-state index contributed by atoms with van der Waals surface area (Å²) < 4.78 is 3.89. The first kappa shape index (κ1) is 17.1. The van der Waals surface area contributed by atoms with Crippen molar-refractivity contribution in [2.45, 2.75) is 46.1 Å². The highest BCUT2D eigenvalue weighted by atomic mass is 16.1. The van der Waals surface area contributed by atoms with Crippen molar-refractivity contribution in [3.8, 4) is 0 Å². The molecule has 3 aromatic heterocycles. The Balaban J connectivity index is 1.40. The summed E-state index contributed by atoms with van der Waals surface area (Å²) in [6.07, 6.45) is 6.83. The van der Waals surface area contributed by atoms with Crippen molar-refractivity contribution in [3.05, 3.63) is 47.7 Å². The Hall–Kier alpha value is -2.70. The van der Waals surface area contributed by atoms with E-state index < -0.39 is 0 Å². The number of amides is 1. The molecule has 3 heterocycles. The van der Waals surface area contributed by atoms with Crippen molar-refractivity contribution >= 4 is 11.6 Å². The SMILES string of the molecule is CCn1cc(CCC(=O)NCCCc2nnc3ccccn23)c(C)n1. The number of nitrogens with one attached hydrogen (secondary N) is 1. The molecule has 0 unspecified atom stereocenters. The third-order valence-electron chi connectivity index (χ3n) is 4.28. The van der Waals surface area contributed by atoms with Gasteiger partial charge in [-0.1, -0.05) is 6.07 Å². The molecule has 0 saturated heterocycles. The molecule has 7 heteroatoms. The van der Waals surface area contributed by atoms with Gasteiger partial charge in [0, 0.05) is 38.3 Å². The quantitative estimate of drug-likeness (QED) is 0.636. The molecule has 1 amide bonds. The molecule has 0 bridgehead atoms. The lowest BCUT2D eigenvalue weighted by atomic mass is 10.1. The molecule has 3 rings (SSSR count). The second-order valence-corrected chi connectivity index (χ2v) is 6.09. The minimum Gasteiger partial charge on any atom is -0.356 e. The number of aryl methyl sites for hydroxylation is 4. The summed E-state index contributed by atoms with van der Waals surface area (Å²) in [4.78, 5) is 12.0. The normalized spacial score (nSPS) is 11.1. The second-order valence-electron chi connectivity index (χ2n) is 6.09. The van der Waals surface area contributed by atoms with Crippen LogP contribution in [0.2, 0.25) is 0 Å². The van der Waals surface area contributed by atoms with Crippen LogP contribution in [0.5, 0.6) is 0 Å². The average Bonchev–Trinajstić information content (AvgIpc) is 3.20. The highest BCUT2D eigenvalue weighted by Crippen LogP contribution is 2.08. The van der Waals surface area contributed by atoms with E-state index in [9.17, 15) is 4.79 Å². The zero-order chi connectivity index (χ0) is 17.6. The Morgan fingerprint density at radius 2 is 2.12 bits per heavy atom. The van der Waals surface area contributed by atoms with Gasteiger partial charge in [0.05, 0.1) is 5.69 Å². The van der Waals surface area contributed by atoms with Crippen LogP contribution in [0.4, 0.5) is 0 Å². The van der Waals surface area contributed by atoms with Crippen molar-refractivity contribution in [2.24, 2.45) is 0 Å². The number of fused-ring (bicyclic) bond motifs is 1. The maximum atomic E-state index is 12.0. The van der Waals surface area contributed by atoms with Crippen LogP contribution >= 0.6 is 0 Å². The molecule has 3 aromatic rings. The van der Waals surface area contributed by atoms with Gasteiger partial charge in [-0.3, -0.25) is 13.9 Å². The zero-order valence-electron chi connectivity index (χ0n) is 14.8. The summed E-state index contributed by atoms with van der Waals surface area (Å²) in [6.45, 7) is 5.54. The third kappa shape index (κ3) is 4.23. The van der Waals surface area contributed by atoms with Crippen LogP contribution in [0.15, 0.2) is 30.6 Å². The minimum atomic E-state index is 0.0785. The Bertz CT molecular complexity index is 850. The molecule has 132 valence electrons. The predicted octanol–water partition coefficient (Wildman–Crippen LogP) is 1.94. The molecular formula is C18H24N6O. The fourth-order valence-electron chi connectivity index (χ4n) is 2.84. The highest BCUT2D eigenvalue weighted by molar-refractivity contribution is 5.76. The number of rotatable bonds is 8. The summed E-state index contributed by atoms with van der Waals surface area (Å²) >= 11 is 0. The van der Waals surface area contributed by atoms with Crippen LogP contribution in [0.25, 0.3) is 5.65 Å². The van der Waals surface area contributed by atoms with E-state index in [-0.39, 0.29) is 5.91 Å². The molecular weight excluding hydrogens is 316 g/mol. The van der Waals surface area contributed by atoms with Crippen molar-refractivity contribution in [1.82, 2.24) is 29.7 Å². The first-order valence-electron chi connectivity index (χ1n) is 8.75. The van der Waals surface area contributed by atoms with E-state index in [1.165, 1.54) is 0 Å². The van der Waals surface area contributed by atoms with Crippen LogP contribution < -0.4 is 5.32 Å². The highest BCUT2D eigenvalue weighted by Gasteiger charge is 2.08. The molecule has 0 aliphatic rings. The number of carbonyl (C=O) groups excluding carboxylic acids is 1. The molecule has 0 saturated carbocycles.